The van der Waals surface area contributed by atoms with Gasteiger partial charge in [-0.05, 0) is 121 Å². The van der Waals surface area contributed by atoms with Crippen molar-refractivity contribution in [2.45, 2.75) is 104 Å². The second-order valence-corrected chi connectivity index (χ2v) is 12.8. The van der Waals surface area contributed by atoms with Crippen LogP contribution in [0, 0.1) is 46.3 Å². The van der Waals surface area contributed by atoms with Crippen LogP contribution in [0.25, 0.3) is 0 Å². The largest absolute Gasteiger partial charge is 0.463 e. The Balaban J connectivity index is 1.48. The first-order valence-corrected chi connectivity index (χ1v) is 14.1. The Morgan fingerprint density at radius 2 is 1.76 bits per heavy atom. The number of alkyl halides is 1. The zero-order chi connectivity index (χ0) is 20.8. The molecule has 4 saturated carbocycles. The summed E-state index contributed by atoms with van der Waals surface area (Å²) in [6, 6.07) is 0. The first kappa shape index (κ1) is 22.4. The summed E-state index contributed by atoms with van der Waals surface area (Å²) in [5.74, 6) is 5.39. The van der Waals surface area contributed by atoms with Gasteiger partial charge in [0.2, 0.25) is 0 Å². The average molecular weight is 515 g/mol. The fourth-order valence-electron chi connectivity index (χ4n) is 9.14. The van der Waals surface area contributed by atoms with Gasteiger partial charge in [0, 0.05) is 6.92 Å². The summed E-state index contributed by atoms with van der Waals surface area (Å²) < 4.78 is 6.95. The first-order valence-electron chi connectivity index (χ1n) is 12.5. The monoisotopic (exact) mass is 514 g/mol. The van der Waals surface area contributed by atoms with Gasteiger partial charge in [-0.2, -0.15) is 0 Å². The van der Waals surface area contributed by atoms with E-state index in [0.717, 1.165) is 48.3 Å². The Labute approximate surface area is 192 Å². The van der Waals surface area contributed by atoms with Crippen LogP contribution in [0.5, 0.6) is 0 Å². The summed E-state index contributed by atoms with van der Waals surface area (Å²) in [7, 11) is 0. The fraction of sp³-hybridized carbons (Fsp3) is 0.962. The number of halogens is 1. The molecule has 0 radical (unpaired) electrons. The molecular weight excluding hydrogens is 471 g/mol. The van der Waals surface area contributed by atoms with Crippen LogP contribution in [0.1, 0.15) is 98.3 Å². The number of hydrogen-bond acceptors (Lipinski definition) is 2. The van der Waals surface area contributed by atoms with Crippen LogP contribution in [0.4, 0.5) is 0 Å². The van der Waals surface area contributed by atoms with E-state index in [1.165, 1.54) is 62.2 Å². The molecule has 0 aliphatic heterocycles. The lowest BCUT2D eigenvalue weighted by Crippen LogP contribution is -2.54. The number of ether oxygens (including phenoxy) is 1. The number of esters is 1. The summed E-state index contributed by atoms with van der Waals surface area (Å²) in [5, 5.41) is 0. The zero-order valence-corrected chi connectivity index (χ0v) is 21.4. The van der Waals surface area contributed by atoms with Gasteiger partial charge in [0.05, 0.1) is 0 Å². The van der Waals surface area contributed by atoms with Crippen molar-refractivity contribution in [2.24, 2.45) is 46.3 Å². The van der Waals surface area contributed by atoms with Crippen molar-refractivity contribution in [2.75, 3.05) is 4.43 Å². The maximum absolute atomic E-state index is 11.5. The molecule has 0 N–H and O–H groups in total. The zero-order valence-electron chi connectivity index (χ0n) is 19.2. The molecule has 4 aliphatic rings. The highest BCUT2D eigenvalue weighted by atomic mass is 127. The predicted octanol–water partition coefficient (Wildman–Crippen LogP) is 7.43. The van der Waals surface area contributed by atoms with E-state index in [0.29, 0.717) is 10.8 Å². The second kappa shape index (κ2) is 8.62. The molecule has 0 aromatic carbocycles. The SMILES string of the molecule is CC(=O)OC1CCC2(C)C(CCC3C2CCC2(C)C(C(C)CCCI)CCC32)C1. The molecule has 9 unspecified atom stereocenters. The Morgan fingerprint density at radius 1 is 1.03 bits per heavy atom. The maximum atomic E-state index is 11.5. The van der Waals surface area contributed by atoms with Crippen LogP contribution in [-0.2, 0) is 9.53 Å². The van der Waals surface area contributed by atoms with Crippen LogP contribution >= 0.6 is 22.6 Å². The molecule has 0 amide bonds. The van der Waals surface area contributed by atoms with Gasteiger partial charge in [0.25, 0.3) is 0 Å². The molecule has 4 aliphatic carbocycles. The van der Waals surface area contributed by atoms with E-state index < -0.39 is 0 Å². The van der Waals surface area contributed by atoms with E-state index >= 15 is 0 Å². The molecule has 4 rings (SSSR count). The molecule has 4 fully saturated rings. The average Bonchev–Trinajstić information content (AvgIpc) is 3.03. The van der Waals surface area contributed by atoms with Crippen molar-refractivity contribution in [3.8, 4) is 0 Å². The highest BCUT2D eigenvalue weighted by Gasteiger charge is 2.60. The molecule has 3 heteroatoms. The van der Waals surface area contributed by atoms with Crippen molar-refractivity contribution in [3.05, 3.63) is 0 Å². The van der Waals surface area contributed by atoms with Crippen LogP contribution in [0.2, 0.25) is 0 Å². The van der Waals surface area contributed by atoms with Gasteiger partial charge in [-0.1, -0.05) is 43.4 Å². The van der Waals surface area contributed by atoms with Crippen molar-refractivity contribution >= 4 is 28.6 Å². The van der Waals surface area contributed by atoms with Gasteiger partial charge in [0.1, 0.15) is 6.10 Å². The van der Waals surface area contributed by atoms with Gasteiger partial charge in [-0.25, -0.2) is 0 Å². The molecule has 0 aromatic heterocycles. The van der Waals surface area contributed by atoms with Crippen molar-refractivity contribution in [1.29, 1.82) is 0 Å². The third-order valence-corrected chi connectivity index (χ3v) is 11.3. The summed E-state index contributed by atoms with van der Waals surface area (Å²) in [6.45, 7) is 9.45. The Kier molecular flexibility index (Phi) is 6.66. The van der Waals surface area contributed by atoms with Crippen LogP contribution in [0.3, 0.4) is 0 Å². The van der Waals surface area contributed by atoms with Crippen molar-refractivity contribution in [1.82, 2.24) is 0 Å². The van der Waals surface area contributed by atoms with Crippen LogP contribution in [-0.4, -0.2) is 16.5 Å². The normalized spacial score (nSPS) is 47.6. The molecule has 0 aromatic rings. The van der Waals surface area contributed by atoms with E-state index in [9.17, 15) is 4.79 Å². The topological polar surface area (TPSA) is 26.3 Å². The predicted molar refractivity (Wildman–Crippen MR) is 128 cm³/mol. The second-order valence-electron chi connectivity index (χ2n) is 11.7. The van der Waals surface area contributed by atoms with E-state index in [4.69, 9.17) is 4.74 Å². The minimum absolute atomic E-state index is 0.0885. The molecule has 0 heterocycles. The van der Waals surface area contributed by atoms with E-state index in [2.05, 4.69) is 43.4 Å². The van der Waals surface area contributed by atoms with Gasteiger partial charge < -0.3 is 4.74 Å². The van der Waals surface area contributed by atoms with Gasteiger partial charge in [0.15, 0.2) is 0 Å². The third-order valence-electron chi connectivity index (χ3n) is 10.5. The first-order chi connectivity index (χ1) is 13.8. The van der Waals surface area contributed by atoms with Crippen LogP contribution < -0.4 is 0 Å². The quantitative estimate of drug-likeness (QED) is 0.217. The highest BCUT2D eigenvalue weighted by molar-refractivity contribution is 14.1. The number of rotatable bonds is 5. The number of fused-ring (bicyclic) bond motifs is 5. The summed E-state index contributed by atoms with van der Waals surface area (Å²) >= 11 is 2.55. The molecule has 0 saturated heterocycles. The van der Waals surface area contributed by atoms with E-state index in [1.807, 2.05) is 0 Å². The lowest BCUT2D eigenvalue weighted by molar-refractivity contribution is -0.160. The molecule has 0 bridgehead atoms. The minimum atomic E-state index is -0.0885. The standard InChI is InChI=1S/C26H43IO2/c1-17(6-5-15-27)22-9-10-23-21-8-7-19-16-20(29-18(2)28)11-13-25(19,3)24(21)12-14-26(22,23)4/h17,19-24H,5-16H2,1-4H3. The van der Waals surface area contributed by atoms with E-state index in [1.54, 1.807) is 6.92 Å². The highest BCUT2D eigenvalue weighted by Crippen LogP contribution is 2.68. The number of hydrogen-bond donors (Lipinski definition) is 0. The van der Waals surface area contributed by atoms with Gasteiger partial charge in [-0.3, -0.25) is 4.79 Å². The number of carbonyl (C=O) groups is 1. The molecule has 9 atom stereocenters. The smallest absolute Gasteiger partial charge is 0.302 e. The minimum Gasteiger partial charge on any atom is -0.463 e. The summed E-state index contributed by atoms with van der Waals surface area (Å²) in [4.78, 5) is 11.5. The van der Waals surface area contributed by atoms with Crippen molar-refractivity contribution < 1.29 is 9.53 Å². The molecule has 166 valence electrons. The Bertz CT molecular complexity index is 606. The molecular formula is C26H43IO2. The lowest BCUT2D eigenvalue weighted by Gasteiger charge is -2.61. The number of carbonyl (C=O) groups excluding carboxylic acids is 1. The fourth-order valence-corrected chi connectivity index (χ4v) is 9.58. The summed E-state index contributed by atoms with van der Waals surface area (Å²) in [6.07, 6.45) is 15.2. The summed E-state index contributed by atoms with van der Waals surface area (Å²) in [5.41, 5.74) is 1.09. The maximum Gasteiger partial charge on any atom is 0.302 e. The molecule has 29 heavy (non-hydrogen) atoms. The third kappa shape index (κ3) is 3.93. The van der Waals surface area contributed by atoms with Gasteiger partial charge >= 0.3 is 5.97 Å². The van der Waals surface area contributed by atoms with Gasteiger partial charge in [-0.15, -0.1) is 0 Å². The van der Waals surface area contributed by atoms with E-state index in [-0.39, 0.29) is 12.1 Å². The Hall–Kier alpha value is 0.200. The lowest BCUT2D eigenvalue weighted by atomic mass is 9.44. The molecule has 2 nitrogen and oxygen atoms in total. The van der Waals surface area contributed by atoms with Crippen molar-refractivity contribution in [3.63, 3.8) is 0 Å². The Morgan fingerprint density at radius 3 is 2.48 bits per heavy atom. The van der Waals surface area contributed by atoms with Crippen LogP contribution in [0.15, 0.2) is 0 Å². The molecule has 0 spiro atoms.